The smallest absolute Gasteiger partial charge is 0.305 e. The number of fused-ring (bicyclic) bond motifs is 1. The standard InChI is InChI=1S/C19H21NO3/c1-12(13-9-10-13)19(23)20-17(11-18(21)22)16-8-4-6-14-5-2-3-7-15(14)16/h2-8,12-13,17H,9-11H2,1H3,(H,20,23)(H,21,22)/t12?,17-/m1/s1. The molecule has 1 amide bonds. The topological polar surface area (TPSA) is 66.4 Å². The van der Waals surface area contributed by atoms with Crippen molar-refractivity contribution in [3.8, 4) is 0 Å². The van der Waals surface area contributed by atoms with Crippen molar-refractivity contribution in [2.45, 2.75) is 32.2 Å². The van der Waals surface area contributed by atoms with E-state index in [4.69, 9.17) is 0 Å². The molecular formula is C19H21NO3. The van der Waals surface area contributed by atoms with E-state index < -0.39 is 12.0 Å². The number of carbonyl (C=O) groups is 2. The summed E-state index contributed by atoms with van der Waals surface area (Å²) in [5.41, 5.74) is 0.863. The molecule has 0 aliphatic heterocycles. The van der Waals surface area contributed by atoms with Gasteiger partial charge < -0.3 is 10.4 Å². The highest BCUT2D eigenvalue weighted by Crippen LogP contribution is 2.37. The maximum atomic E-state index is 12.4. The van der Waals surface area contributed by atoms with Crippen LogP contribution in [0.15, 0.2) is 42.5 Å². The highest BCUT2D eigenvalue weighted by Gasteiger charge is 2.34. The molecule has 23 heavy (non-hydrogen) atoms. The van der Waals surface area contributed by atoms with Crippen LogP contribution in [0.5, 0.6) is 0 Å². The molecule has 2 atom stereocenters. The number of hydrogen-bond acceptors (Lipinski definition) is 2. The number of carboxylic acid groups (broad SMARTS) is 1. The van der Waals surface area contributed by atoms with Gasteiger partial charge in [0.1, 0.15) is 0 Å². The summed E-state index contributed by atoms with van der Waals surface area (Å²) in [6.45, 7) is 1.92. The van der Waals surface area contributed by atoms with Crippen LogP contribution >= 0.6 is 0 Å². The Bertz CT molecular complexity index is 731. The molecule has 0 spiro atoms. The minimum atomic E-state index is -0.915. The lowest BCUT2D eigenvalue weighted by atomic mass is 9.95. The van der Waals surface area contributed by atoms with Crippen LogP contribution in [0.2, 0.25) is 0 Å². The second-order valence-corrected chi connectivity index (χ2v) is 6.35. The van der Waals surface area contributed by atoms with Crippen molar-refractivity contribution in [1.82, 2.24) is 5.32 Å². The van der Waals surface area contributed by atoms with Crippen LogP contribution in [0.25, 0.3) is 10.8 Å². The fraction of sp³-hybridized carbons (Fsp3) is 0.368. The van der Waals surface area contributed by atoms with Gasteiger partial charge >= 0.3 is 5.97 Å². The molecule has 1 fully saturated rings. The first-order valence-electron chi connectivity index (χ1n) is 8.06. The maximum Gasteiger partial charge on any atom is 0.305 e. The summed E-state index contributed by atoms with van der Waals surface area (Å²) in [6.07, 6.45) is 2.07. The van der Waals surface area contributed by atoms with E-state index in [1.54, 1.807) is 0 Å². The molecule has 0 heterocycles. The van der Waals surface area contributed by atoms with Gasteiger partial charge in [-0.3, -0.25) is 9.59 Å². The maximum absolute atomic E-state index is 12.4. The Kier molecular flexibility index (Phi) is 4.33. The SMILES string of the molecule is CC(C(=O)N[C@H](CC(=O)O)c1cccc2ccccc12)C1CC1. The number of hydrogen-bond donors (Lipinski definition) is 2. The van der Waals surface area contributed by atoms with Crippen molar-refractivity contribution in [2.24, 2.45) is 11.8 Å². The Balaban J connectivity index is 1.91. The van der Waals surface area contributed by atoms with Crippen LogP contribution in [0.3, 0.4) is 0 Å². The number of nitrogens with one attached hydrogen (secondary N) is 1. The number of aliphatic carboxylic acids is 1. The van der Waals surface area contributed by atoms with Gasteiger partial charge in [-0.05, 0) is 35.1 Å². The first-order valence-corrected chi connectivity index (χ1v) is 8.06. The van der Waals surface area contributed by atoms with Gasteiger partial charge in [-0.2, -0.15) is 0 Å². The molecule has 1 saturated carbocycles. The van der Waals surface area contributed by atoms with Gasteiger partial charge in [-0.25, -0.2) is 0 Å². The zero-order valence-electron chi connectivity index (χ0n) is 13.2. The largest absolute Gasteiger partial charge is 0.481 e. The number of carboxylic acids is 1. The number of carbonyl (C=O) groups excluding carboxylic acids is 1. The summed E-state index contributed by atoms with van der Waals surface area (Å²) >= 11 is 0. The molecule has 2 aromatic carbocycles. The van der Waals surface area contributed by atoms with Gasteiger partial charge in [-0.15, -0.1) is 0 Å². The Labute approximate surface area is 135 Å². The number of benzene rings is 2. The molecule has 3 rings (SSSR count). The highest BCUT2D eigenvalue weighted by atomic mass is 16.4. The lowest BCUT2D eigenvalue weighted by Gasteiger charge is -2.21. The van der Waals surface area contributed by atoms with Crippen molar-refractivity contribution in [3.63, 3.8) is 0 Å². The molecule has 1 aliphatic carbocycles. The van der Waals surface area contributed by atoms with Gasteiger partial charge in [0.15, 0.2) is 0 Å². The Morgan fingerprint density at radius 3 is 2.57 bits per heavy atom. The predicted octanol–water partition coefficient (Wildman–Crippen LogP) is 3.52. The van der Waals surface area contributed by atoms with Crippen LogP contribution in [0.4, 0.5) is 0 Å². The number of rotatable bonds is 6. The average Bonchev–Trinajstić information content (AvgIpc) is 3.37. The summed E-state index contributed by atoms with van der Waals surface area (Å²) in [5.74, 6) is -0.566. The first-order chi connectivity index (χ1) is 11.1. The van der Waals surface area contributed by atoms with Crippen molar-refractivity contribution >= 4 is 22.6 Å². The lowest BCUT2D eigenvalue weighted by Crippen LogP contribution is -2.35. The minimum Gasteiger partial charge on any atom is -0.481 e. The third-order valence-corrected chi connectivity index (χ3v) is 4.64. The first kappa shape index (κ1) is 15.5. The van der Waals surface area contributed by atoms with Crippen molar-refractivity contribution < 1.29 is 14.7 Å². The molecule has 0 aromatic heterocycles. The molecule has 2 N–H and O–H groups in total. The van der Waals surface area contributed by atoms with Crippen molar-refractivity contribution in [1.29, 1.82) is 0 Å². The van der Waals surface area contributed by atoms with Gasteiger partial charge in [0, 0.05) is 5.92 Å². The van der Waals surface area contributed by atoms with Gasteiger partial charge in [0.25, 0.3) is 0 Å². The third-order valence-electron chi connectivity index (χ3n) is 4.64. The van der Waals surface area contributed by atoms with E-state index >= 15 is 0 Å². The van der Waals surface area contributed by atoms with Gasteiger partial charge in [-0.1, -0.05) is 49.4 Å². The fourth-order valence-corrected chi connectivity index (χ4v) is 3.08. The van der Waals surface area contributed by atoms with Gasteiger partial charge in [0.05, 0.1) is 12.5 Å². The Hall–Kier alpha value is -2.36. The minimum absolute atomic E-state index is 0.0494. The lowest BCUT2D eigenvalue weighted by molar-refractivity contribution is -0.137. The van der Waals surface area contributed by atoms with Crippen LogP contribution in [-0.2, 0) is 9.59 Å². The monoisotopic (exact) mass is 311 g/mol. The normalized spacial score (nSPS) is 16.7. The van der Waals surface area contributed by atoms with E-state index in [1.165, 1.54) is 0 Å². The Morgan fingerprint density at radius 1 is 1.17 bits per heavy atom. The van der Waals surface area contributed by atoms with Crippen molar-refractivity contribution in [3.05, 3.63) is 48.0 Å². The van der Waals surface area contributed by atoms with Crippen LogP contribution < -0.4 is 5.32 Å². The zero-order chi connectivity index (χ0) is 16.4. The molecule has 120 valence electrons. The molecule has 2 aromatic rings. The van der Waals surface area contributed by atoms with E-state index in [0.717, 1.165) is 29.2 Å². The molecule has 1 unspecified atom stereocenters. The van der Waals surface area contributed by atoms with E-state index in [9.17, 15) is 14.7 Å². The molecule has 4 nitrogen and oxygen atoms in total. The van der Waals surface area contributed by atoms with E-state index in [1.807, 2.05) is 49.4 Å². The van der Waals surface area contributed by atoms with Gasteiger partial charge in [0.2, 0.25) is 5.91 Å². The quantitative estimate of drug-likeness (QED) is 0.858. The molecule has 4 heteroatoms. The summed E-state index contributed by atoms with van der Waals surface area (Å²) < 4.78 is 0. The average molecular weight is 311 g/mol. The molecule has 1 aliphatic rings. The summed E-state index contributed by atoms with van der Waals surface area (Å²) in [5, 5.41) is 14.2. The summed E-state index contributed by atoms with van der Waals surface area (Å²) in [6, 6.07) is 13.1. The van der Waals surface area contributed by atoms with Crippen LogP contribution in [0, 0.1) is 11.8 Å². The number of amides is 1. The van der Waals surface area contributed by atoms with Crippen molar-refractivity contribution in [2.75, 3.05) is 0 Å². The van der Waals surface area contributed by atoms with Crippen LogP contribution in [0.1, 0.15) is 37.8 Å². The van der Waals surface area contributed by atoms with Crippen LogP contribution in [-0.4, -0.2) is 17.0 Å². The zero-order valence-corrected chi connectivity index (χ0v) is 13.2. The second kappa shape index (κ2) is 6.41. The highest BCUT2D eigenvalue weighted by molar-refractivity contribution is 5.88. The molecule has 0 bridgehead atoms. The summed E-state index contributed by atoms with van der Waals surface area (Å²) in [7, 11) is 0. The third kappa shape index (κ3) is 3.52. The Morgan fingerprint density at radius 2 is 1.87 bits per heavy atom. The fourth-order valence-electron chi connectivity index (χ4n) is 3.08. The predicted molar refractivity (Wildman–Crippen MR) is 89.0 cm³/mol. The van der Waals surface area contributed by atoms with E-state index in [2.05, 4.69) is 5.32 Å². The molecule has 0 radical (unpaired) electrons. The van der Waals surface area contributed by atoms with E-state index in [-0.39, 0.29) is 18.2 Å². The summed E-state index contributed by atoms with van der Waals surface area (Å²) in [4.78, 5) is 23.7. The molecule has 0 saturated heterocycles. The van der Waals surface area contributed by atoms with E-state index in [0.29, 0.717) is 5.92 Å². The second-order valence-electron chi connectivity index (χ2n) is 6.35. The molecular weight excluding hydrogens is 290 g/mol.